The van der Waals surface area contributed by atoms with E-state index in [1.807, 2.05) is 60.1 Å². The van der Waals surface area contributed by atoms with E-state index in [0.29, 0.717) is 0 Å². The van der Waals surface area contributed by atoms with Crippen LogP contribution in [-0.2, 0) is 11.2 Å². The lowest BCUT2D eigenvalue weighted by molar-refractivity contribution is -0.115. The number of nitrogens with zero attached hydrogens (tertiary/aromatic N) is 2. The van der Waals surface area contributed by atoms with Gasteiger partial charge in [-0.1, -0.05) is 18.2 Å². The average Bonchev–Trinajstić information content (AvgIpc) is 2.87. The third-order valence-corrected chi connectivity index (χ3v) is 3.40. The lowest BCUT2D eigenvalue weighted by Gasteiger charge is -2.09. The molecule has 0 saturated heterocycles. The highest BCUT2D eigenvalue weighted by atomic mass is 16.5. The fourth-order valence-corrected chi connectivity index (χ4v) is 2.42. The Labute approximate surface area is 128 Å². The molecule has 3 aromatic rings. The number of rotatable bonds is 4. The van der Waals surface area contributed by atoms with Crippen LogP contribution >= 0.6 is 0 Å². The molecule has 0 saturated carbocycles. The van der Waals surface area contributed by atoms with Crippen LogP contribution < -0.4 is 10.1 Å². The van der Waals surface area contributed by atoms with Gasteiger partial charge in [0.1, 0.15) is 11.4 Å². The maximum absolute atomic E-state index is 12.2. The summed E-state index contributed by atoms with van der Waals surface area (Å²) in [5.74, 6) is 0.638. The van der Waals surface area contributed by atoms with Gasteiger partial charge < -0.3 is 14.5 Å². The molecule has 112 valence electrons. The minimum Gasteiger partial charge on any atom is -0.496 e. The molecule has 0 radical (unpaired) electrons. The number of anilines is 1. The van der Waals surface area contributed by atoms with Gasteiger partial charge in [0, 0.05) is 18.0 Å². The van der Waals surface area contributed by atoms with Crippen molar-refractivity contribution in [2.45, 2.75) is 13.3 Å². The number of methoxy groups -OCH3 is 1. The van der Waals surface area contributed by atoms with E-state index in [9.17, 15) is 4.79 Å². The summed E-state index contributed by atoms with van der Waals surface area (Å²) in [6, 6.07) is 11.2. The number of carbonyl (C=O) groups excluding carboxylic acids is 1. The fraction of sp³-hybridized carbons (Fsp3) is 0.176. The lowest BCUT2D eigenvalue weighted by atomic mass is 10.1. The lowest BCUT2D eigenvalue weighted by Crippen LogP contribution is -2.15. The van der Waals surface area contributed by atoms with E-state index in [4.69, 9.17) is 4.74 Å². The summed E-state index contributed by atoms with van der Waals surface area (Å²) in [5.41, 5.74) is 3.41. The Kier molecular flexibility index (Phi) is 3.78. The van der Waals surface area contributed by atoms with Crippen LogP contribution in [-0.4, -0.2) is 22.4 Å². The number of fused-ring (bicyclic) bond motifs is 1. The zero-order chi connectivity index (χ0) is 15.5. The Hall–Kier alpha value is -2.82. The van der Waals surface area contributed by atoms with Gasteiger partial charge in [-0.25, -0.2) is 4.98 Å². The predicted molar refractivity (Wildman–Crippen MR) is 85.3 cm³/mol. The molecule has 5 nitrogen and oxygen atoms in total. The Morgan fingerprint density at radius 3 is 2.86 bits per heavy atom. The first-order chi connectivity index (χ1) is 10.7. The van der Waals surface area contributed by atoms with E-state index >= 15 is 0 Å². The maximum atomic E-state index is 12.2. The summed E-state index contributed by atoms with van der Waals surface area (Å²) in [7, 11) is 1.60. The topological polar surface area (TPSA) is 55.6 Å². The number of pyridine rings is 1. The summed E-state index contributed by atoms with van der Waals surface area (Å²) in [6.45, 7) is 1.94. The van der Waals surface area contributed by atoms with Crippen molar-refractivity contribution in [3.05, 3.63) is 60.0 Å². The predicted octanol–water partition coefficient (Wildman–Crippen LogP) is 2.83. The second-order valence-electron chi connectivity index (χ2n) is 5.10. The monoisotopic (exact) mass is 295 g/mol. The molecule has 0 aliphatic rings. The highest BCUT2D eigenvalue weighted by molar-refractivity contribution is 5.92. The molecule has 0 fully saturated rings. The Morgan fingerprint density at radius 2 is 2.05 bits per heavy atom. The highest BCUT2D eigenvalue weighted by Gasteiger charge is 2.09. The van der Waals surface area contributed by atoms with Crippen LogP contribution in [0.1, 0.15) is 11.3 Å². The van der Waals surface area contributed by atoms with E-state index in [1.165, 1.54) is 0 Å². The molecule has 0 spiro atoms. The first kappa shape index (κ1) is 14.1. The quantitative estimate of drug-likeness (QED) is 0.805. The molecule has 1 amide bonds. The van der Waals surface area contributed by atoms with Crippen molar-refractivity contribution in [3.63, 3.8) is 0 Å². The van der Waals surface area contributed by atoms with E-state index < -0.39 is 0 Å². The molecule has 0 unspecified atom stereocenters. The summed E-state index contributed by atoms with van der Waals surface area (Å²) in [6.07, 6.45) is 4.05. The molecule has 22 heavy (non-hydrogen) atoms. The van der Waals surface area contributed by atoms with Crippen molar-refractivity contribution in [1.82, 2.24) is 9.38 Å². The second kappa shape index (κ2) is 5.89. The number of aromatic nitrogens is 2. The zero-order valence-corrected chi connectivity index (χ0v) is 12.5. The van der Waals surface area contributed by atoms with E-state index in [1.54, 1.807) is 7.11 Å². The van der Waals surface area contributed by atoms with Crippen LogP contribution in [0.15, 0.2) is 48.8 Å². The van der Waals surface area contributed by atoms with Crippen molar-refractivity contribution in [1.29, 1.82) is 0 Å². The smallest absolute Gasteiger partial charge is 0.228 e. The molecular formula is C17H17N3O2. The molecule has 2 aromatic heterocycles. The first-order valence-electron chi connectivity index (χ1n) is 7.03. The standard InChI is InChI=1S/C17H17N3O2/c1-12-10-20-11-14(7-8-16(20)18-12)19-17(21)9-13-5-3-4-6-15(13)22-2/h3-8,10-11H,9H2,1-2H3,(H,19,21). The Morgan fingerprint density at radius 1 is 1.23 bits per heavy atom. The third-order valence-electron chi connectivity index (χ3n) is 3.40. The van der Waals surface area contributed by atoms with Crippen LogP contribution in [0.4, 0.5) is 5.69 Å². The van der Waals surface area contributed by atoms with Gasteiger partial charge in [0.2, 0.25) is 5.91 Å². The van der Waals surface area contributed by atoms with Gasteiger partial charge in [-0.15, -0.1) is 0 Å². The van der Waals surface area contributed by atoms with Gasteiger partial charge in [-0.2, -0.15) is 0 Å². The molecule has 1 aromatic carbocycles. The molecular weight excluding hydrogens is 278 g/mol. The molecule has 0 atom stereocenters. The van der Waals surface area contributed by atoms with Crippen LogP contribution in [0.25, 0.3) is 5.65 Å². The Balaban J connectivity index is 1.75. The Bertz CT molecular complexity index is 824. The number of benzene rings is 1. The minimum atomic E-state index is -0.0827. The number of amides is 1. The van der Waals surface area contributed by atoms with E-state index in [-0.39, 0.29) is 12.3 Å². The summed E-state index contributed by atoms with van der Waals surface area (Å²) < 4.78 is 7.16. The van der Waals surface area contributed by atoms with Crippen molar-refractivity contribution < 1.29 is 9.53 Å². The average molecular weight is 295 g/mol. The number of hydrogen-bond donors (Lipinski definition) is 1. The van der Waals surface area contributed by atoms with Gasteiger partial charge in [0.25, 0.3) is 0 Å². The third kappa shape index (κ3) is 2.93. The van der Waals surface area contributed by atoms with Gasteiger partial charge in [0.15, 0.2) is 0 Å². The molecule has 2 heterocycles. The number of nitrogens with one attached hydrogen (secondary N) is 1. The van der Waals surface area contributed by atoms with Crippen LogP contribution in [0.5, 0.6) is 5.75 Å². The summed E-state index contributed by atoms with van der Waals surface area (Å²) >= 11 is 0. The number of para-hydroxylation sites is 1. The van der Waals surface area contributed by atoms with E-state index in [0.717, 1.165) is 28.3 Å². The second-order valence-corrected chi connectivity index (χ2v) is 5.10. The molecule has 3 rings (SSSR count). The first-order valence-corrected chi connectivity index (χ1v) is 7.03. The SMILES string of the molecule is COc1ccccc1CC(=O)Nc1ccc2nc(C)cn2c1. The van der Waals surface area contributed by atoms with Crippen LogP contribution in [0.2, 0.25) is 0 Å². The van der Waals surface area contributed by atoms with Crippen LogP contribution in [0.3, 0.4) is 0 Å². The molecule has 0 aliphatic heterocycles. The fourth-order valence-electron chi connectivity index (χ4n) is 2.42. The number of aryl methyl sites for hydroxylation is 1. The minimum absolute atomic E-state index is 0.0827. The van der Waals surface area contributed by atoms with Crippen molar-refractivity contribution in [3.8, 4) is 5.75 Å². The molecule has 0 aliphatic carbocycles. The van der Waals surface area contributed by atoms with E-state index in [2.05, 4.69) is 10.3 Å². The number of hydrogen-bond acceptors (Lipinski definition) is 3. The largest absolute Gasteiger partial charge is 0.496 e. The van der Waals surface area contributed by atoms with Gasteiger partial charge in [-0.3, -0.25) is 4.79 Å². The normalized spacial score (nSPS) is 10.6. The van der Waals surface area contributed by atoms with Gasteiger partial charge >= 0.3 is 0 Å². The van der Waals surface area contributed by atoms with Crippen molar-refractivity contribution in [2.24, 2.45) is 0 Å². The number of ether oxygens (including phenoxy) is 1. The highest BCUT2D eigenvalue weighted by Crippen LogP contribution is 2.18. The van der Waals surface area contributed by atoms with Gasteiger partial charge in [-0.05, 0) is 25.1 Å². The van der Waals surface area contributed by atoms with Crippen molar-refractivity contribution >= 4 is 17.2 Å². The summed E-state index contributed by atoms with van der Waals surface area (Å²) in [5, 5.41) is 2.90. The molecule has 0 bridgehead atoms. The number of imidazole rings is 1. The summed E-state index contributed by atoms with van der Waals surface area (Å²) in [4.78, 5) is 16.6. The van der Waals surface area contributed by atoms with Crippen LogP contribution in [0, 0.1) is 6.92 Å². The number of carbonyl (C=O) groups is 1. The maximum Gasteiger partial charge on any atom is 0.228 e. The zero-order valence-electron chi connectivity index (χ0n) is 12.5. The molecule has 5 heteroatoms. The van der Waals surface area contributed by atoms with Crippen molar-refractivity contribution in [2.75, 3.05) is 12.4 Å². The molecule has 1 N–H and O–H groups in total. The van der Waals surface area contributed by atoms with Gasteiger partial charge in [0.05, 0.1) is 24.9 Å².